The van der Waals surface area contributed by atoms with Crippen LogP contribution in [0.2, 0.25) is 0 Å². The van der Waals surface area contributed by atoms with Crippen LogP contribution in [0.25, 0.3) is 32.9 Å². The third-order valence-corrected chi connectivity index (χ3v) is 5.67. The summed E-state index contributed by atoms with van der Waals surface area (Å²) in [6, 6.07) is 22.9. The van der Waals surface area contributed by atoms with Crippen LogP contribution in [0.3, 0.4) is 0 Å². The number of aryl methyl sites for hydroxylation is 1. The Bertz CT molecular complexity index is 1220. The van der Waals surface area contributed by atoms with Gasteiger partial charge in [-0.2, -0.15) is 4.57 Å². The van der Waals surface area contributed by atoms with E-state index >= 15 is 0 Å². The summed E-state index contributed by atoms with van der Waals surface area (Å²) in [7, 11) is 0. The minimum atomic E-state index is 0.773. The van der Waals surface area contributed by atoms with Crippen molar-refractivity contribution in [2.45, 2.75) is 38.6 Å². The Morgan fingerprint density at radius 1 is 0.733 bits per heavy atom. The van der Waals surface area contributed by atoms with Crippen LogP contribution < -0.4 is 16.0 Å². The second-order valence-electron chi connectivity index (χ2n) is 7.82. The molecule has 0 atom stereocenters. The second-order valence-corrected chi connectivity index (χ2v) is 7.82. The first kappa shape index (κ1) is 19.8. The van der Waals surface area contributed by atoms with Gasteiger partial charge in [0.15, 0.2) is 0 Å². The lowest BCUT2D eigenvalue weighted by Crippen LogP contribution is -2.37. The topological polar surface area (TPSA) is 55.9 Å². The molecule has 3 heteroatoms. The average Bonchev–Trinajstić information content (AvgIpc) is 2.76. The fourth-order valence-corrected chi connectivity index (χ4v) is 4.25. The molecule has 4 aromatic rings. The number of unbranched alkanes of at least 4 members (excludes halogenated alkanes) is 4. The lowest BCUT2D eigenvalue weighted by atomic mass is 9.98. The number of nitrogens with zero attached hydrogens (tertiary/aromatic N) is 1. The zero-order valence-electron chi connectivity index (χ0n) is 17.3. The van der Waals surface area contributed by atoms with E-state index in [4.69, 9.17) is 17.9 Å². The molecule has 0 saturated heterocycles. The quantitative estimate of drug-likeness (QED) is 0.139. The summed E-state index contributed by atoms with van der Waals surface area (Å²) in [5.74, 6) is 2.73. The number of hydrogen-bond acceptors (Lipinski definition) is 2. The monoisotopic (exact) mass is 394 g/mol. The van der Waals surface area contributed by atoms with E-state index in [1.165, 1.54) is 27.4 Å². The van der Waals surface area contributed by atoms with Gasteiger partial charge in [0.2, 0.25) is 11.2 Å². The molecule has 0 spiro atoms. The van der Waals surface area contributed by atoms with Gasteiger partial charge in [-0.1, -0.05) is 30.7 Å². The Hall–Kier alpha value is -3.51. The summed E-state index contributed by atoms with van der Waals surface area (Å²) in [5, 5.41) is 3.57. The largest absolute Gasteiger partial charge is 0.399 e. The highest BCUT2D eigenvalue weighted by atomic mass is 15.0. The van der Waals surface area contributed by atoms with Crippen molar-refractivity contribution in [3.63, 3.8) is 0 Å². The number of aromatic nitrogens is 1. The molecule has 3 nitrogen and oxygen atoms in total. The molecule has 30 heavy (non-hydrogen) atoms. The number of terminal acetylenes is 1. The van der Waals surface area contributed by atoms with Gasteiger partial charge >= 0.3 is 0 Å². The molecule has 0 unspecified atom stereocenters. The molecule has 0 aliphatic heterocycles. The Balaban J connectivity index is 1.91. The van der Waals surface area contributed by atoms with E-state index in [-0.39, 0.29) is 0 Å². The van der Waals surface area contributed by atoms with Gasteiger partial charge in [0, 0.05) is 41.2 Å². The Kier molecular flexibility index (Phi) is 5.86. The number of benzene rings is 3. The first-order valence-corrected chi connectivity index (χ1v) is 10.6. The van der Waals surface area contributed by atoms with Crippen molar-refractivity contribution in [1.82, 2.24) is 0 Å². The average molecular weight is 395 g/mol. The van der Waals surface area contributed by atoms with E-state index in [0.29, 0.717) is 0 Å². The minimum Gasteiger partial charge on any atom is -0.399 e. The fraction of sp³-hybridized carbons (Fsp3) is 0.222. The van der Waals surface area contributed by atoms with E-state index < -0.39 is 0 Å². The van der Waals surface area contributed by atoms with Crippen molar-refractivity contribution in [2.24, 2.45) is 0 Å². The van der Waals surface area contributed by atoms with Crippen molar-refractivity contribution in [3.8, 4) is 23.6 Å². The van der Waals surface area contributed by atoms with E-state index in [9.17, 15) is 0 Å². The number of anilines is 2. The summed E-state index contributed by atoms with van der Waals surface area (Å²) >= 11 is 0. The zero-order chi connectivity index (χ0) is 20.9. The molecule has 0 radical (unpaired) electrons. The molecule has 0 aliphatic carbocycles. The van der Waals surface area contributed by atoms with Crippen molar-refractivity contribution in [1.29, 1.82) is 0 Å². The molecule has 150 valence electrons. The van der Waals surface area contributed by atoms with E-state index in [0.717, 1.165) is 55.5 Å². The molecule has 4 rings (SSSR count). The van der Waals surface area contributed by atoms with Crippen LogP contribution in [-0.2, 0) is 6.54 Å². The second kappa shape index (κ2) is 8.88. The third-order valence-electron chi connectivity index (χ3n) is 5.67. The van der Waals surface area contributed by atoms with Gasteiger partial charge in [-0.15, -0.1) is 12.3 Å². The maximum Gasteiger partial charge on any atom is 0.220 e. The van der Waals surface area contributed by atoms with Gasteiger partial charge in [0.05, 0.1) is 10.8 Å². The highest BCUT2D eigenvalue weighted by Crippen LogP contribution is 2.33. The van der Waals surface area contributed by atoms with Crippen LogP contribution in [0.1, 0.15) is 32.1 Å². The molecular weight excluding hydrogens is 366 g/mol. The summed E-state index contributed by atoms with van der Waals surface area (Å²) in [4.78, 5) is 0. The molecular formula is C27H28N3+. The Morgan fingerprint density at radius 2 is 1.43 bits per heavy atom. The smallest absolute Gasteiger partial charge is 0.220 e. The van der Waals surface area contributed by atoms with Crippen LogP contribution in [0.5, 0.6) is 0 Å². The normalized spacial score (nSPS) is 11.0. The summed E-state index contributed by atoms with van der Waals surface area (Å²) < 4.78 is 2.42. The van der Waals surface area contributed by atoms with Crippen LogP contribution >= 0.6 is 0 Å². The highest BCUT2D eigenvalue weighted by molar-refractivity contribution is 6.10. The SMILES string of the molecule is C#CCCCCCC[n+]1c(-c2ccccc2)c2cc(N)ccc2c2ccc(N)cc21. The zero-order valence-corrected chi connectivity index (χ0v) is 17.3. The molecule has 0 fully saturated rings. The summed E-state index contributed by atoms with van der Waals surface area (Å²) in [6.07, 6.45) is 10.7. The van der Waals surface area contributed by atoms with Gasteiger partial charge in [-0.3, -0.25) is 0 Å². The number of fused-ring (bicyclic) bond motifs is 3. The van der Waals surface area contributed by atoms with Gasteiger partial charge in [0.25, 0.3) is 0 Å². The van der Waals surface area contributed by atoms with Gasteiger partial charge in [0.1, 0.15) is 6.54 Å². The Morgan fingerprint density at radius 3 is 2.20 bits per heavy atom. The van der Waals surface area contributed by atoms with Crippen molar-refractivity contribution < 1.29 is 4.57 Å². The molecule has 3 aromatic carbocycles. The van der Waals surface area contributed by atoms with Gasteiger partial charge < -0.3 is 11.5 Å². The lowest BCUT2D eigenvalue weighted by molar-refractivity contribution is -0.659. The predicted octanol–water partition coefficient (Wildman–Crippen LogP) is 5.70. The van der Waals surface area contributed by atoms with Crippen LogP contribution in [0.15, 0.2) is 66.7 Å². The maximum absolute atomic E-state index is 6.21. The third kappa shape index (κ3) is 3.95. The minimum absolute atomic E-state index is 0.773. The van der Waals surface area contributed by atoms with Crippen molar-refractivity contribution in [2.75, 3.05) is 11.5 Å². The molecule has 0 aliphatic rings. The number of nitrogens with two attached hydrogens (primary N) is 2. The van der Waals surface area contributed by atoms with Crippen molar-refractivity contribution in [3.05, 3.63) is 66.7 Å². The summed E-state index contributed by atoms with van der Waals surface area (Å²) in [6.45, 7) is 0.922. The molecule has 1 heterocycles. The first-order chi connectivity index (χ1) is 14.7. The maximum atomic E-state index is 6.21. The van der Waals surface area contributed by atoms with Crippen LogP contribution in [0.4, 0.5) is 11.4 Å². The standard InChI is InChI=1S/C27H27N3/c1-2-3-4-5-6-10-17-30-26-19-22(29)14-16-24(26)23-15-13-21(28)18-25(23)27(30)20-11-8-7-9-12-20/h1,7-9,11-16,18-19,29H,3-6,10,17,28H2/p+1. The van der Waals surface area contributed by atoms with E-state index in [2.05, 4.69) is 65.1 Å². The number of hydrogen-bond donors (Lipinski definition) is 2. The van der Waals surface area contributed by atoms with Gasteiger partial charge in [-0.05, 0) is 49.2 Å². The first-order valence-electron chi connectivity index (χ1n) is 10.6. The molecule has 1 aromatic heterocycles. The van der Waals surface area contributed by atoms with E-state index in [1.807, 2.05) is 12.1 Å². The van der Waals surface area contributed by atoms with Crippen LogP contribution in [-0.4, -0.2) is 0 Å². The molecule has 0 amide bonds. The predicted molar refractivity (Wildman–Crippen MR) is 128 cm³/mol. The van der Waals surface area contributed by atoms with Gasteiger partial charge in [-0.25, -0.2) is 0 Å². The van der Waals surface area contributed by atoms with E-state index in [1.54, 1.807) is 0 Å². The molecule has 0 saturated carbocycles. The van der Waals surface area contributed by atoms with Crippen LogP contribution in [0, 0.1) is 12.3 Å². The molecule has 0 bridgehead atoms. The van der Waals surface area contributed by atoms with Crippen molar-refractivity contribution >= 4 is 33.1 Å². The Labute approximate surface area is 178 Å². The number of nitrogen functional groups attached to an aromatic ring is 2. The highest BCUT2D eigenvalue weighted by Gasteiger charge is 2.23. The lowest BCUT2D eigenvalue weighted by Gasteiger charge is -2.13. The number of pyridine rings is 1. The summed E-state index contributed by atoms with van der Waals surface area (Å²) in [5.41, 5.74) is 17.5. The fourth-order valence-electron chi connectivity index (χ4n) is 4.25. The molecule has 4 N–H and O–H groups in total. The number of rotatable bonds is 7.